The number of alkyl halides is 4. The zero-order valence-electron chi connectivity index (χ0n) is 23.0. The maximum Gasteiger partial charge on any atom is 0.387 e. The molecule has 0 heterocycles. The molecule has 0 N–H and O–H groups in total. The Hall–Kier alpha value is -5.86. The standard InChI is InChI=1S/C30H24F4N6O4/c31-29(32)43-25-7-3-21(4-8-25)17-23(19-37)27(41)39(13-1-11-35)15-16-40(14-2-12-36)28(42)24(20-38)18-22-5-9-26(10-6-22)44-30(33)34/h3-10,17-18,29-30H,1-2,13-16H2. The summed E-state index contributed by atoms with van der Waals surface area (Å²) in [5.41, 5.74) is -0.00478. The van der Waals surface area contributed by atoms with Crippen molar-refractivity contribution in [3.8, 4) is 35.8 Å². The lowest BCUT2D eigenvalue weighted by Crippen LogP contribution is -2.42. The van der Waals surface area contributed by atoms with E-state index in [2.05, 4.69) is 9.47 Å². The predicted octanol–water partition coefficient (Wildman–Crippen LogP) is 4.89. The van der Waals surface area contributed by atoms with Gasteiger partial charge in [0.05, 0.1) is 25.0 Å². The van der Waals surface area contributed by atoms with Crippen molar-refractivity contribution in [2.75, 3.05) is 26.2 Å². The molecule has 2 aromatic rings. The Bertz CT molecular complexity index is 1400. The van der Waals surface area contributed by atoms with E-state index < -0.39 is 25.0 Å². The molecule has 0 aliphatic rings. The lowest BCUT2D eigenvalue weighted by atomic mass is 10.1. The summed E-state index contributed by atoms with van der Waals surface area (Å²) in [6.45, 7) is -6.61. The Balaban J connectivity index is 2.26. The largest absolute Gasteiger partial charge is 0.435 e. The highest BCUT2D eigenvalue weighted by molar-refractivity contribution is 6.02. The zero-order chi connectivity index (χ0) is 32.5. The van der Waals surface area contributed by atoms with Gasteiger partial charge in [0.25, 0.3) is 11.8 Å². The summed E-state index contributed by atoms with van der Waals surface area (Å²) in [6, 6.07) is 17.7. The van der Waals surface area contributed by atoms with Crippen molar-refractivity contribution in [3.63, 3.8) is 0 Å². The fourth-order valence-electron chi connectivity index (χ4n) is 3.69. The number of nitriles is 4. The molecule has 0 saturated carbocycles. The molecule has 44 heavy (non-hydrogen) atoms. The number of nitrogens with zero attached hydrogens (tertiary/aromatic N) is 6. The highest BCUT2D eigenvalue weighted by Crippen LogP contribution is 2.19. The molecule has 0 atom stereocenters. The smallest absolute Gasteiger partial charge is 0.387 e. The normalized spacial score (nSPS) is 11.1. The van der Waals surface area contributed by atoms with E-state index in [0.29, 0.717) is 11.1 Å². The van der Waals surface area contributed by atoms with Crippen molar-refractivity contribution in [3.05, 3.63) is 70.8 Å². The molecule has 14 heteroatoms. The van der Waals surface area contributed by atoms with Crippen LogP contribution in [0, 0.1) is 45.3 Å². The Morgan fingerprint density at radius 2 is 0.977 bits per heavy atom. The summed E-state index contributed by atoms with van der Waals surface area (Å²) < 4.78 is 58.2. The molecule has 10 nitrogen and oxygen atoms in total. The highest BCUT2D eigenvalue weighted by atomic mass is 19.3. The first-order valence-corrected chi connectivity index (χ1v) is 12.8. The summed E-state index contributed by atoms with van der Waals surface area (Å²) >= 11 is 0. The van der Waals surface area contributed by atoms with Gasteiger partial charge in [-0.25, -0.2) is 0 Å². The summed E-state index contributed by atoms with van der Waals surface area (Å²) in [4.78, 5) is 28.8. The van der Waals surface area contributed by atoms with Crippen molar-refractivity contribution in [2.24, 2.45) is 0 Å². The van der Waals surface area contributed by atoms with Crippen molar-refractivity contribution >= 4 is 24.0 Å². The maximum absolute atomic E-state index is 13.2. The van der Waals surface area contributed by atoms with Crippen molar-refractivity contribution < 1.29 is 36.6 Å². The number of hydrogen-bond donors (Lipinski definition) is 0. The van der Waals surface area contributed by atoms with Gasteiger partial charge in [0, 0.05) is 26.2 Å². The van der Waals surface area contributed by atoms with Crippen molar-refractivity contribution in [2.45, 2.75) is 26.1 Å². The number of halogens is 4. The van der Waals surface area contributed by atoms with Gasteiger partial charge < -0.3 is 19.3 Å². The van der Waals surface area contributed by atoms with Crippen molar-refractivity contribution in [1.29, 1.82) is 21.0 Å². The van der Waals surface area contributed by atoms with Crippen LogP contribution in [0.2, 0.25) is 0 Å². The van der Waals surface area contributed by atoms with Crippen LogP contribution < -0.4 is 9.47 Å². The predicted molar refractivity (Wildman–Crippen MR) is 147 cm³/mol. The molecule has 0 radical (unpaired) electrons. The minimum absolute atomic E-state index is 0.106. The van der Waals surface area contributed by atoms with E-state index >= 15 is 0 Å². The molecule has 0 bridgehead atoms. The van der Waals surface area contributed by atoms with Crippen LogP contribution in [0.5, 0.6) is 11.5 Å². The van der Waals surface area contributed by atoms with Gasteiger partial charge in [0.1, 0.15) is 34.8 Å². The van der Waals surface area contributed by atoms with Gasteiger partial charge in [-0.05, 0) is 47.5 Å². The topological polar surface area (TPSA) is 154 Å². The van der Waals surface area contributed by atoms with E-state index in [9.17, 15) is 37.7 Å². The zero-order valence-corrected chi connectivity index (χ0v) is 23.0. The highest BCUT2D eigenvalue weighted by Gasteiger charge is 2.23. The van der Waals surface area contributed by atoms with Gasteiger partial charge in [-0.2, -0.15) is 38.6 Å². The van der Waals surface area contributed by atoms with Gasteiger partial charge in [-0.1, -0.05) is 24.3 Å². The molecule has 0 fully saturated rings. The average Bonchev–Trinajstić information content (AvgIpc) is 3.00. The van der Waals surface area contributed by atoms with E-state index in [1.807, 2.05) is 12.1 Å². The number of ether oxygens (including phenoxy) is 2. The lowest BCUT2D eigenvalue weighted by molar-refractivity contribution is -0.130. The van der Waals surface area contributed by atoms with Gasteiger partial charge in [-0.3, -0.25) is 9.59 Å². The number of benzene rings is 2. The van der Waals surface area contributed by atoms with Crippen LogP contribution in [-0.4, -0.2) is 61.0 Å². The first-order valence-electron chi connectivity index (χ1n) is 12.8. The summed E-state index contributed by atoms with van der Waals surface area (Å²) in [5, 5.41) is 37.5. The maximum atomic E-state index is 13.2. The van der Waals surface area contributed by atoms with Crippen LogP contribution in [0.1, 0.15) is 24.0 Å². The third-order valence-corrected chi connectivity index (χ3v) is 5.74. The second kappa shape index (κ2) is 17.8. The fraction of sp³-hybridized carbons (Fsp3) is 0.267. The molecular weight excluding hydrogens is 584 g/mol. The Morgan fingerprint density at radius 3 is 1.25 bits per heavy atom. The summed E-state index contributed by atoms with van der Waals surface area (Å²) in [6.07, 6.45) is 2.23. The minimum atomic E-state index is -3.03. The van der Waals surface area contributed by atoms with Crippen LogP contribution >= 0.6 is 0 Å². The molecule has 0 spiro atoms. The van der Waals surface area contributed by atoms with Crippen LogP contribution in [-0.2, 0) is 9.59 Å². The fourth-order valence-corrected chi connectivity index (χ4v) is 3.69. The first-order chi connectivity index (χ1) is 21.1. The van der Waals surface area contributed by atoms with Crippen LogP contribution in [0.25, 0.3) is 12.2 Å². The van der Waals surface area contributed by atoms with E-state index in [0.717, 1.165) is 9.80 Å². The quantitative estimate of drug-likeness (QED) is 0.157. The molecule has 2 rings (SSSR count). The van der Waals surface area contributed by atoms with Crippen LogP contribution in [0.3, 0.4) is 0 Å². The second-order valence-corrected chi connectivity index (χ2v) is 8.64. The van der Waals surface area contributed by atoms with Crippen LogP contribution in [0.4, 0.5) is 17.6 Å². The Kier molecular flexibility index (Phi) is 13.9. The Morgan fingerprint density at radius 1 is 0.636 bits per heavy atom. The molecular formula is C30H24F4N6O4. The van der Waals surface area contributed by atoms with E-state index in [4.69, 9.17) is 10.5 Å². The average molecular weight is 609 g/mol. The number of carbonyl (C=O) groups excluding carboxylic acids is 2. The van der Waals surface area contributed by atoms with E-state index in [-0.39, 0.29) is 61.7 Å². The minimum Gasteiger partial charge on any atom is -0.435 e. The van der Waals surface area contributed by atoms with Gasteiger partial charge in [-0.15, -0.1) is 0 Å². The van der Waals surface area contributed by atoms with E-state index in [1.165, 1.54) is 60.7 Å². The number of amides is 2. The van der Waals surface area contributed by atoms with E-state index in [1.54, 1.807) is 12.1 Å². The van der Waals surface area contributed by atoms with Gasteiger partial charge in [0.2, 0.25) is 0 Å². The Labute approximate surface area is 250 Å². The van der Waals surface area contributed by atoms with Crippen molar-refractivity contribution in [1.82, 2.24) is 9.80 Å². The summed E-state index contributed by atoms with van der Waals surface area (Å²) in [5.74, 6) is -1.79. The molecule has 2 amide bonds. The molecule has 0 aliphatic carbocycles. The second-order valence-electron chi connectivity index (χ2n) is 8.64. The summed E-state index contributed by atoms with van der Waals surface area (Å²) in [7, 11) is 0. The SMILES string of the molecule is N#CCCN(CCN(CCC#N)C(=O)C(C#N)=Cc1ccc(OC(F)F)cc1)C(=O)C(C#N)=Cc1ccc(OC(F)F)cc1. The third kappa shape index (κ3) is 11.2. The monoisotopic (exact) mass is 608 g/mol. The van der Waals surface area contributed by atoms with Gasteiger partial charge >= 0.3 is 13.2 Å². The van der Waals surface area contributed by atoms with Crippen LogP contribution in [0.15, 0.2) is 59.7 Å². The third-order valence-electron chi connectivity index (χ3n) is 5.74. The molecule has 0 saturated heterocycles. The molecule has 0 aliphatic heterocycles. The molecule has 226 valence electrons. The number of hydrogen-bond acceptors (Lipinski definition) is 8. The number of rotatable bonds is 15. The first kappa shape index (κ1) is 34.3. The number of carbonyl (C=O) groups is 2. The molecule has 2 aromatic carbocycles. The molecule has 0 unspecified atom stereocenters. The lowest BCUT2D eigenvalue weighted by Gasteiger charge is -2.27. The molecule has 0 aromatic heterocycles. The van der Waals surface area contributed by atoms with Gasteiger partial charge in [0.15, 0.2) is 0 Å².